The molecule has 0 aliphatic heterocycles. The van der Waals surface area contributed by atoms with Crippen LogP contribution in [-0.4, -0.2) is 28.6 Å². The van der Waals surface area contributed by atoms with Crippen LogP contribution in [0.15, 0.2) is 0 Å². The van der Waals surface area contributed by atoms with E-state index in [1.54, 1.807) is 20.8 Å². The van der Waals surface area contributed by atoms with Crippen molar-refractivity contribution in [3.63, 3.8) is 0 Å². The first kappa shape index (κ1) is 12.3. The number of alkyl halides is 2. The molecule has 0 atom stereocenters. The molecule has 2 bridgehead atoms. The lowest BCUT2D eigenvalue weighted by molar-refractivity contribution is -0.385. The normalized spacial score (nSPS) is 37.7. The van der Waals surface area contributed by atoms with Gasteiger partial charge in [0.1, 0.15) is 16.4 Å². The van der Waals surface area contributed by atoms with E-state index >= 15 is 0 Å². The second kappa shape index (κ2) is 2.79. The minimum atomic E-state index is -3.49. The summed E-state index contributed by atoms with van der Waals surface area (Å²) >= 11 is 0. The molecule has 0 radical (unpaired) electrons. The van der Waals surface area contributed by atoms with Crippen LogP contribution in [0.2, 0.25) is 0 Å². The Morgan fingerprint density at radius 2 is 1.65 bits per heavy atom. The highest BCUT2D eigenvalue weighted by Gasteiger charge is 2.95. The first-order valence-corrected chi connectivity index (χ1v) is 5.33. The van der Waals surface area contributed by atoms with Crippen LogP contribution in [0.1, 0.15) is 33.6 Å². The number of halogens is 2. The zero-order valence-electron chi connectivity index (χ0n) is 9.84. The van der Waals surface area contributed by atoms with E-state index in [1.165, 1.54) is 0 Å². The maximum Gasteiger partial charge on any atom is 0.318 e. The van der Waals surface area contributed by atoms with Crippen molar-refractivity contribution in [2.45, 2.75) is 45.1 Å². The van der Waals surface area contributed by atoms with Crippen LogP contribution in [0.25, 0.3) is 0 Å². The Labute approximate surface area is 96.9 Å². The maximum absolute atomic E-state index is 13.7. The molecule has 1 N–H and O–H groups in total. The molecule has 3 rings (SSSR count). The van der Waals surface area contributed by atoms with Crippen LogP contribution in [0.3, 0.4) is 0 Å². The molecule has 0 spiro atoms. The third kappa shape index (κ3) is 1.16. The predicted octanol–water partition coefficient (Wildman–Crippen LogP) is 1.83. The standard InChI is InChI=1S/C11H14F2O4/c1-8(2,3)17-7(16)10-4-9(5-10,6(14)15)11(10,12)13/h4-5H2,1-3H3,(H,14,15). The Morgan fingerprint density at radius 3 is 1.94 bits per heavy atom. The molecule has 0 heterocycles. The third-order valence-electron chi connectivity index (χ3n) is 3.61. The number of carboxylic acid groups (broad SMARTS) is 1. The van der Waals surface area contributed by atoms with Crippen molar-refractivity contribution in [1.82, 2.24) is 0 Å². The highest BCUT2D eigenvalue weighted by molar-refractivity contribution is 5.93. The van der Waals surface area contributed by atoms with Crippen LogP contribution in [-0.2, 0) is 14.3 Å². The van der Waals surface area contributed by atoms with Crippen molar-refractivity contribution >= 4 is 11.9 Å². The number of aliphatic carboxylic acids is 1. The number of ether oxygens (including phenoxy) is 1. The number of carboxylic acids is 1. The average Bonchev–Trinajstić information content (AvgIpc) is 1.95. The maximum atomic E-state index is 13.7. The summed E-state index contributed by atoms with van der Waals surface area (Å²) < 4.78 is 32.3. The van der Waals surface area contributed by atoms with Gasteiger partial charge in [0, 0.05) is 0 Å². The SMILES string of the molecule is CC(C)(C)OC(=O)C12CC(C(=O)O)(C1)C2(F)F. The summed E-state index contributed by atoms with van der Waals surface area (Å²) in [6, 6.07) is 0. The number of carbonyl (C=O) groups is 2. The van der Waals surface area contributed by atoms with Crippen LogP contribution >= 0.6 is 0 Å². The van der Waals surface area contributed by atoms with E-state index in [4.69, 9.17) is 9.84 Å². The molecule has 4 nitrogen and oxygen atoms in total. The van der Waals surface area contributed by atoms with Gasteiger partial charge >= 0.3 is 11.9 Å². The van der Waals surface area contributed by atoms with Crippen molar-refractivity contribution in [2.75, 3.05) is 0 Å². The van der Waals surface area contributed by atoms with Crippen molar-refractivity contribution in [1.29, 1.82) is 0 Å². The van der Waals surface area contributed by atoms with Crippen LogP contribution < -0.4 is 0 Å². The monoisotopic (exact) mass is 248 g/mol. The molecule has 17 heavy (non-hydrogen) atoms. The number of hydrogen-bond donors (Lipinski definition) is 1. The van der Waals surface area contributed by atoms with Gasteiger partial charge in [-0.05, 0) is 33.6 Å². The number of carbonyl (C=O) groups excluding carboxylic acids is 1. The van der Waals surface area contributed by atoms with Gasteiger partial charge in [0.15, 0.2) is 0 Å². The minimum absolute atomic E-state index is 0.322. The fraction of sp³-hybridized carbons (Fsp3) is 0.818. The Morgan fingerprint density at radius 1 is 1.18 bits per heavy atom. The van der Waals surface area contributed by atoms with Crippen LogP contribution in [0.5, 0.6) is 0 Å². The van der Waals surface area contributed by atoms with Gasteiger partial charge in [0.05, 0.1) is 0 Å². The van der Waals surface area contributed by atoms with E-state index in [0.717, 1.165) is 0 Å². The van der Waals surface area contributed by atoms with E-state index in [-0.39, 0.29) is 12.8 Å². The predicted molar refractivity (Wildman–Crippen MR) is 52.5 cm³/mol. The molecule has 3 aliphatic rings. The molecule has 0 amide bonds. The molecule has 96 valence electrons. The summed E-state index contributed by atoms with van der Waals surface area (Å²) in [5.74, 6) is -6.01. The quantitative estimate of drug-likeness (QED) is 0.757. The van der Waals surface area contributed by atoms with Gasteiger partial charge in [0.2, 0.25) is 0 Å². The number of esters is 1. The number of hydrogen-bond acceptors (Lipinski definition) is 3. The summed E-state index contributed by atoms with van der Waals surface area (Å²) in [5.41, 5.74) is -4.79. The van der Waals surface area contributed by atoms with Gasteiger partial charge in [-0.3, -0.25) is 9.59 Å². The molecular formula is C11H14F2O4. The van der Waals surface area contributed by atoms with Gasteiger partial charge in [-0.15, -0.1) is 0 Å². The Bertz CT molecular complexity index is 402. The second-order valence-electron chi connectivity index (χ2n) is 5.90. The van der Waals surface area contributed by atoms with Crippen molar-refractivity contribution in [3.8, 4) is 0 Å². The zero-order chi connectivity index (χ0) is 13.3. The molecule has 3 saturated carbocycles. The van der Waals surface area contributed by atoms with Crippen molar-refractivity contribution < 1.29 is 28.2 Å². The number of rotatable bonds is 2. The van der Waals surface area contributed by atoms with E-state index in [1.807, 2.05) is 0 Å². The summed E-state index contributed by atoms with van der Waals surface area (Å²) in [6.45, 7) is 4.75. The largest absolute Gasteiger partial charge is 0.481 e. The topological polar surface area (TPSA) is 63.6 Å². The summed E-state index contributed by atoms with van der Waals surface area (Å²) in [5, 5.41) is 8.76. The molecule has 0 aromatic carbocycles. The molecule has 0 aromatic heterocycles. The lowest BCUT2D eigenvalue weighted by Crippen LogP contribution is -2.84. The van der Waals surface area contributed by atoms with Crippen molar-refractivity contribution in [3.05, 3.63) is 0 Å². The summed E-state index contributed by atoms with van der Waals surface area (Å²) in [4.78, 5) is 22.5. The summed E-state index contributed by atoms with van der Waals surface area (Å²) in [7, 11) is 0. The molecular weight excluding hydrogens is 234 g/mol. The van der Waals surface area contributed by atoms with Crippen molar-refractivity contribution in [2.24, 2.45) is 10.8 Å². The highest BCUT2D eigenvalue weighted by Crippen LogP contribution is 2.82. The van der Waals surface area contributed by atoms with Gasteiger partial charge in [0.25, 0.3) is 5.92 Å². The van der Waals surface area contributed by atoms with E-state index in [9.17, 15) is 18.4 Å². The van der Waals surface area contributed by atoms with Gasteiger partial charge in [-0.25, -0.2) is 8.78 Å². The van der Waals surface area contributed by atoms with Crippen LogP contribution in [0.4, 0.5) is 8.78 Å². The molecule has 0 aromatic rings. The molecule has 0 unspecified atom stereocenters. The third-order valence-corrected chi connectivity index (χ3v) is 3.61. The Balaban J connectivity index is 2.18. The minimum Gasteiger partial charge on any atom is -0.481 e. The first-order chi connectivity index (χ1) is 7.49. The average molecular weight is 248 g/mol. The second-order valence-corrected chi connectivity index (χ2v) is 5.90. The Hall–Kier alpha value is -1.20. The van der Waals surface area contributed by atoms with E-state index in [2.05, 4.69) is 0 Å². The molecule has 3 fully saturated rings. The smallest absolute Gasteiger partial charge is 0.318 e. The Kier molecular flexibility index (Phi) is 2.01. The van der Waals surface area contributed by atoms with Crippen LogP contribution in [0, 0.1) is 10.8 Å². The van der Waals surface area contributed by atoms with E-state index < -0.39 is 34.3 Å². The van der Waals surface area contributed by atoms with E-state index in [0.29, 0.717) is 0 Å². The first-order valence-electron chi connectivity index (χ1n) is 5.33. The zero-order valence-corrected chi connectivity index (χ0v) is 9.84. The molecule has 6 heteroatoms. The van der Waals surface area contributed by atoms with Gasteiger partial charge < -0.3 is 9.84 Å². The highest BCUT2D eigenvalue weighted by atomic mass is 19.3. The van der Waals surface area contributed by atoms with Gasteiger partial charge in [-0.1, -0.05) is 0 Å². The lowest BCUT2D eigenvalue weighted by atomic mass is 9.32. The summed E-state index contributed by atoms with van der Waals surface area (Å²) in [6.07, 6.45) is -0.644. The fourth-order valence-electron chi connectivity index (χ4n) is 2.60. The molecule has 0 saturated heterocycles. The molecule has 3 aliphatic carbocycles. The van der Waals surface area contributed by atoms with Gasteiger partial charge in [-0.2, -0.15) is 0 Å². The lowest BCUT2D eigenvalue weighted by Gasteiger charge is -2.70. The fourth-order valence-corrected chi connectivity index (χ4v) is 2.60.